The molecule has 1 heterocycles. The zero-order valence-electron chi connectivity index (χ0n) is 9.08. The molecule has 2 rings (SSSR count). The predicted octanol–water partition coefficient (Wildman–Crippen LogP) is 3.45. The van der Waals surface area contributed by atoms with Crippen LogP contribution in [0.15, 0.2) is 24.4 Å². The van der Waals surface area contributed by atoms with E-state index in [2.05, 4.69) is 38.0 Å². The van der Waals surface area contributed by atoms with Crippen LogP contribution < -0.4 is 0 Å². The monoisotopic (exact) mass is 220 g/mol. The fraction of sp³-hybridized carbons (Fsp3) is 0.250. The Morgan fingerprint density at radius 1 is 1.13 bits per heavy atom. The highest BCUT2D eigenvalue weighted by atomic mass is 35.5. The second-order valence-electron chi connectivity index (χ2n) is 3.81. The summed E-state index contributed by atoms with van der Waals surface area (Å²) in [6.07, 6.45) is 1.71. The molecule has 0 atom stereocenters. The molecule has 0 aliphatic rings. The van der Waals surface area contributed by atoms with E-state index >= 15 is 0 Å². The van der Waals surface area contributed by atoms with Crippen molar-refractivity contribution >= 4 is 11.6 Å². The lowest BCUT2D eigenvalue weighted by Gasteiger charge is -2.11. The fourth-order valence-electron chi connectivity index (χ4n) is 1.96. The van der Waals surface area contributed by atoms with Gasteiger partial charge in [0.1, 0.15) is 5.15 Å². The second kappa shape index (κ2) is 3.70. The number of hydrogen-bond donors (Lipinski definition) is 0. The predicted molar refractivity (Wildman–Crippen MR) is 62.8 cm³/mol. The first-order valence-electron chi connectivity index (χ1n) is 4.87. The minimum atomic E-state index is 0.644. The summed E-state index contributed by atoms with van der Waals surface area (Å²) in [5.74, 6) is 0. The number of halogens is 1. The van der Waals surface area contributed by atoms with Gasteiger partial charge in [-0.3, -0.25) is 0 Å². The van der Waals surface area contributed by atoms with E-state index in [-0.39, 0.29) is 0 Å². The molecule has 2 nitrogen and oxygen atoms in total. The summed E-state index contributed by atoms with van der Waals surface area (Å²) in [6.45, 7) is 6.25. The summed E-state index contributed by atoms with van der Waals surface area (Å²) in [4.78, 5) is 0. The minimum absolute atomic E-state index is 0.644. The molecule has 0 fully saturated rings. The van der Waals surface area contributed by atoms with Gasteiger partial charge in [-0.2, -0.15) is 5.10 Å². The molecule has 0 saturated heterocycles. The zero-order chi connectivity index (χ0) is 11.0. The van der Waals surface area contributed by atoms with E-state index in [0.29, 0.717) is 5.15 Å². The minimum Gasteiger partial charge on any atom is -0.222 e. The van der Waals surface area contributed by atoms with Crippen LogP contribution in [-0.4, -0.2) is 9.78 Å². The summed E-state index contributed by atoms with van der Waals surface area (Å²) >= 11 is 6.06. The van der Waals surface area contributed by atoms with E-state index in [9.17, 15) is 0 Å². The SMILES string of the molecule is Cc1cc(C)c(-n2nccc2Cl)c(C)c1. The standard InChI is InChI=1S/C12H13ClN2/c1-8-6-9(2)12(10(3)7-8)15-11(13)4-5-14-15/h4-7H,1-3H3. The molecule has 0 N–H and O–H groups in total. The molecule has 3 heteroatoms. The lowest BCUT2D eigenvalue weighted by atomic mass is 10.1. The Kier molecular flexibility index (Phi) is 2.53. The van der Waals surface area contributed by atoms with E-state index in [4.69, 9.17) is 11.6 Å². The number of rotatable bonds is 1. The van der Waals surface area contributed by atoms with Gasteiger partial charge in [0.15, 0.2) is 0 Å². The van der Waals surface area contributed by atoms with Gasteiger partial charge in [-0.15, -0.1) is 0 Å². The van der Waals surface area contributed by atoms with Crippen molar-refractivity contribution in [2.45, 2.75) is 20.8 Å². The summed E-state index contributed by atoms with van der Waals surface area (Å²) < 4.78 is 1.77. The van der Waals surface area contributed by atoms with Crippen LogP contribution in [0.1, 0.15) is 16.7 Å². The Morgan fingerprint density at radius 3 is 2.20 bits per heavy atom. The van der Waals surface area contributed by atoms with Crippen molar-refractivity contribution in [1.82, 2.24) is 9.78 Å². The van der Waals surface area contributed by atoms with E-state index in [0.717, 1.165) is 5.69 Å². The Bertz CT molecular complexity index is 477. The third kappa shape index (κ3) is 1.77. The lowest BCUT2D eigenvalue weighted by Crippen LogP contribution is -2.02. The average molecular weight is 221 g/mol. The third-order valence-electron chi connectivity index (χ3n) is 2.44. The Morgan fingerprint density at radius 2 is 1.73 bits per heavy atom. The van der Waals surface area contributed by atoms with Gasteiger partial charge in [0.2, 0.25) is 0 Å². The molecule has 15 heavy (non-hydrogen) atoms. The Balaban J connectivity index is 2.68. The van der Waals surface area contributed by atoms with Crippen molar-refractivity contribution in [2.75, 3.05) is 0 Å². The number of benzene rings is 1. The molecule has 1 aromatic heterocycles. The van der Waals surface area contributed by atoms with Crippen LogP contribution in [0.2, 0.25) is 5.15 Å². The highest BCUT2D eigenvalue weighted by molar-refractivity contribution is 6.29. The van der Waals surface area contributed by atoms with Gasteiger partial charge in [-0.25, -0.2) is 4.68 Å². The highest BCUT2D eigenvalue weighted by Gasteiger charge is 2.09. The normalized spacial score (nSPS) is 10.7. The fourth-order valence-corrected chi connectivity index (χ4v) is 2.14. The van der Waals surface area contributed by atoms with Crippen LogP contribution in [0.5, 0.6) is 0 Å². The zero-order valence-corrected chi connectivity index (χ0v) is 9.84. The van der Waals surface area contributed by atoms with E-state index in [1.807, 2.05) is 0 Å². The van der Waals surface area contributed by atoms with Crippen molar-refractivity contribution in [3.05, 3.63) is 46.2 Å². The molecule has 2 aromatic rings. The van der Waals surface area contributed by atoms with Gasteiger partial charge in [-0.05, 0) is 38.0 Å². The van der Waals surface area contributed by atoms with Crippen LogP contribution in [0.25, 0.3) is 5.69 Å². The van der Waals surface area contributed by atoms with Crippen molar-refractivity contribution in [2.24, 2.45) is 0 Å². The molecule has 0 radical (unpaired) electrons. The largest absolute Gasteiger partial charge is 0.222 e. The van der Waals surface area contributed by atoms with Gasteiger partial charge in [0.05, 0.1) is 11.9 Å². The Labute approximate surface area is 94.5 Å². The molecule has 0 unspecified atom stereocenters. The van der Waals surface area contributed by atoms with Gasteiger partial charge in [0.25, 0.3) is 0 Å². The van der Waals surface area contributed by atoms with Crippen molar-refractivity contribution in [3.8, 4) is 5.69 Å². The third-order valence-corrected chi connectivity index (χ3v) is 2.73. The van der Waals surface area contributed by atoms with E-state index in [1.54, 1.807) is 16.9 Å². The molecule has 0 aliphatic carbocycles. The first-order valence-corrected chi connectivity index (χ1v) is 5.25. The van der Waals surface area contributed by atoms with Gasteiger partial charge in [-0.1, -0.05) is 29.3 Å². The molecular weight excluding hydrogens is 208 g/mol. The van der Waals surface area contributed by atoms with Crippen LogP contribution >= 0.6 is 11.6 Å². The average Bonchev–Trinajstić information content (AvgIpc) is 2.50. The molecule has 78 valence electrons. The van der Waals surface area contributed by atoms with Crippen LogP contribution in [0.3, 0.4) is 0 Å². The summed E-state index contributed by atoms with van der Waals surface area (Å²) in [5, 5.41) is 4.87. The van der Waals surface area contributed by atoms with Crippen molar-refractivity contribution < 1.29 is 0 Å². The molecule has 0 spiro atoms. The summed E-state index contributed by atoms with van der Waals surface area (Å²) in [5.41, 5.74) is 4.73. The highest BCUT2D eigenvalue weighted by Crippen LogP contribution is 2.23. The smallest absolute Gasteiger partial charge is 0.132 e. The lowest BCUT2D eigenvalue weighted by molar-refractivity contribution is 0.864. The Hall–Kier alpha value is -1.28. The first-order chi connectivity index (χ1) is 7.09. The molecule has 0 bridgehead atoms. The van der Waals surface area contributed by atoms with Gasteiger partial charge in [0, 0.05) is 0 Å². The van der Waals surface area contributed by atoms with E-state index in [1.165, 1.54) is 16.7 Å². The maximum atomic E-state index is 6.06. The van der Waals surface area contributed by atoms with Crippen molar-refractivity contribution in [1.29, 1.82) is 0 Å². The first kappa shape index (κ1) is 10.2. The second-order valence-corrected chi connectivity index (χ2v) is 4.20. The maximum absolute atomic E-state index is 6.06. The quantitative estimate of drug-likeness (QED) is 0.720. The molecule has 0 saturated carbocycles. The maximum Gasteiger partial charge on any atom is 0.132 e. The van der Waals surface area contributed by atoms with Crippen LogP contribution in [-0.2, 0) is 0 Å². The molecule has 1 aromatic carbocycles. The van der Waals surface area contributed by atoms with Crippen LogP contribution in [0.4, 0.5) is 0 Å². The van der Waals surface area contributed by atoms with Crippen LogP contribution in [0, 0.1) is 20.8 Å². The number of nitrogens with zero attached hydrogens (tertiary/aromatic N) is 2. The summed E-state index contributed by atoms with van der Waals surface area (Å²) in [7, 11) is 0. The number of aromatic nitrogens is 2. The van der Waals surface area contributed by atoms with Gasteiger partial charge >= 0.3 is 0 Å². The summed E-state index contributed by atoms with van der Waals surface area (Å²) in [6, 6.07) is 6.07. The molecule has 0 aliphatic heterocycles. The number of aryl methyl sites for hydroxylation is 3. The van der Waals surface area contributed by atoms with Gasteiger partial charge < -0.3 is 0 Å². The topological polar surface area (TPSA) is 17.8 Å². The molecular formula is C12H13ClN2. The molecule has 0 amide bonds. The van der Waals surface area contributed by atoms with Crippen molar-refractivity contribution in [3.63, 3.8) is 0 Å². The van der Waals surface area contributed by atoms with E-state index < -0.39 is 0 Å². The number of hydrogen-bond acceptors (Lipinski definition) is 1.